The molecule has 24 heavy (non-hydrogen) atoms. The molecule has 1 N–H and O–H groups in total. The fourth-order valence-corrected chi connectivity index (χ4v) is 2.26. The quantitative estimate of drug-likeness (QED) is 0.198. The molecule has 0 bridgehead atoms. The van der Waals surface area contributed by atoms with Gasteiger partial charge in [-0.2, -0.15) is 0 Å². The first kappa shape index (κ1) is 22.4. The lowest BCUT2D eigenvalue weighted by Crippen LogP contribution is -2.07. The minimum Gasteiger partial charge on any atom is -0.478 e. The number of unbranched alkanes of at least 4 members (excludes halogenated alkanes) is 9. The highest BCUT2D eigenvalue weighted by molar-refractivity contribution is 5.89. The number of allylic oxidation sites excluding steroid dienone is 2. The summed E-state index contributed by atoms with van der Waals surface area (Å²) in [6, 6.07) is 0. The fraction of sp³-hybridized carbons (Fsp3) is 0.700. The summed E-state index contributed by atoms with van der Waals surface area (Å²) in [4.78, 5) is 22.4. The van der Waals surface area contributed by atoms with E-state index in [0.29, 0.717) is 12.2 Å². The van der Waals surface area contributed by atoms with Gasteiger partial charge < -0.3 is 9.84 Å². The van der Waals surface area contributed by atoms with Crippen molar-refractivity contribution in [1.29, 1.82) is 0 Å². The standard InChI is InChI=1S/C20H34O4/c1-4-5-6-7-8-9-10-11-12-13-16-24-20(23)18(3)15-14-17(2)19(21)22/h14-15H,4-13,16H2,1-3H3,(H,21,22)/b17-14+,18-15+. The number of aliphatic carboxylic acids is 1. The van der Waals surface area contributed by atoms with Crippen LogP contribution in [-0.2, 0) is 14.3 Å². The maximum absolute atomic E-state index is 11.7. The van der Waals surface area contributed by atoms with Crippen LogP contribution in [0.1, 0.15) is 85.0 Å². The second-order valence-electron chi connectivity index (χ2n) is 6.32. The van der Waals surface area contributed by atoms with Crippen LogP contribution < -0.4 is 0 Å². The van der Waals surface area contributed by atoms with Gasteiger partial charge in [-0.25, -0.2) is 9.59 Å². The zero-order valence-corrected chi connectivity index (χ0v) is 15.6. The third kappa shape index (κ3) is 12.9. The van der Waals surface area contributed by atoms with Gasteiger partial charge in [-0.1, -0.05) is 76.9 Å². The molecule has 138 valence electrons. The molecule has 0 heterocycles. The van der Waals surface area contributed by atoms with Gasteiger partial charge in [0.05, 0.1) is 6.61 Å². The van der Waals surface area contributed by atoms with Crippen LogP contribution in [0.3, 0.4) is 0 Å². The SMILES string of the molecule is CCCCCCCCCCCCOC(=O)/C(C)=C/C=C(\C)C(=O)O. The first-order valence-electron chi connectivity index (χ1n) is 9.24. The van der Waals surface area contributed by atoms with Crippen LogP contribution in [0.15, 0.2) is 23.3 Å². The molecule has 0 aromatic rings. The van der Waals surface area contributed by atoms with Crippen molar-refractivity contribution in [3.05, 3.63) is 23.3 Å². The van der Waals surface area contributed by atoms with Crippen LogP contribution >= 0.6 is 0 Å². The highest BCUT2D eigenvalue weighted by atomic mass is 16.5. The molecule has 0 aliphatic carbocycles. The summed E-state index contributed by atoms with van der Waals surface area (Å²) in [7, 11) is 0. The minimum atomic E-state index is -0.988. The fourth-order valence-electron chi connectivity index (χ4n) is 2.26. The van der Waals surface area contributed by atoms with E-state index in [0.717, 1.165) is 12.8 Å². The molecule has 0 aliphatic heterocycles. The summed E-state index contributed by atoms with van der Waals surface area (Å²) in [5.74, 6) is -1.36. The number of ether oxygens (including phenoxy) is 1. The molecule has 4 nitrogen and oxygen atoms in total. The first-order valence-corrected chi connectivity index (χ1v) is 9.24. The molecule has 0 unspecified atom stereocenters. The molecule has 0 aliphatic rings. The molecule has 0 spiro atoms. The monoisotopic (exact) mass is 338 g/mol. The molecule has 0 saturated heterocycles. The van der Waals surface area contributed by atoms with Crippen LogP contribution in [0.25, 0.3) is 0 Å². The number of hydrogen-bond donors (Lipinski definition) is 1. The number of carboxylic acids is 1. The van der Waals surface area contributed by atoms with Crippen molar-refractivity contribution < 1.29 is 19.4 Å². The average Bonchev–Trinajstić information content (AvgIpc) is 2.56. The Hall–Kier alpha value is -1.58. The maximum Gasteiger partial charge on any atom is 0.333 e. The van der Waals surface area contributed by atoms with Crippen molar-refractivity contribution >= 4 is 11.9 Å². The number of carbonyl (C=O) groups excluding carboxylic acids is 1. The van der Waals surface area contributed by atoms with E-state index in [9.17, 15) is 9.59 Å². The van der Waals surface area contributed by atoms with E-state index < -0.39 is 5.97 Å². The molecule has 0 aromatic heterocycles. The summed E-state index contributed by atoms with van der Waals surface area (Å²) < 4.78 is 5.18. The number of carbonyl (C=O) groups is 2. The van der Waals surface area contributed by atoms with E-state index in [2.05, 4.69) is 6.92 Å². The van der Waals surface area contributed by atoms with Gasteiger partial charge in [0, 0.05) is 11.1 Å². The van der Waals surface area contributed by atoms with Crippen molar-refractivity contribution in [3.63, 3.8) is 0 Å². The van der Waals surface area contributed by atoms with Crippen LogP contribution in [0, 0.1) is 0 Å². The normalized spacial score (nSPS) is 12.3. The molecule has 0 aromatic carbocycles. The molecule has 4 heteroatoms. The van der Waals surface area contributed by atoms with Crippen LogP contribution in [-0.4, -0.2) is 23.7 Å². The summed E-state index contributed by atoms with van der Waals surface area (Å²) in [6.45, 7) is 5.79. The van der Waals surface area contributed by atoms with Crippen molar-refractivity contribution in [2.45, 2.75) is 85.0 Å². The maximum atomic E-state index is 11.7. The number of esters is 1. The van der Waals surface area contributed by atoms with Gasteiger partial charge in [-0.15, -0.1) is 0 Å². The first-order chi connectivity index (χ1) is 11.5. The van der Waals surface area contributed by atoms with Gasteiger partial charge in [-0.3, -0.25) is 0 Å². The predicted octanol–water partition coefficient (Wildman–Crippen LogP) is 5.43. The molecular weight excluding hydrogens is 304 g/mol. The zero-order valence-electron chi connectivity index (χ0n) is 15.6. The number of carboxylic acid groups (broad SMARTS) is 1. The van der Waals surface area contributed by atoms with Crippen molar-refractivity contribution in [2.24, 2.45) is 0 Å². The van der Waals surface area contributed by atoms with E-state index >= 15 is 0 Å². The summed E-state index contributed by atoms with van der Waals surface area (Å²) in [5.41, 5.74) is 0.611. The lowest BCUT2D eigenvalue weighted by molar-refractivity contribution is -0.139. The van der Waals surface area contributed by atoms with E-state index in [-0.39, 0.29) is 11.5 Å². The predicted molar refractivity (Wildman–Crippen MR) is 98.0 cm³/mol. The Bertz CT molecular complexity index is 421. The van der Waals surface area contributed by atoms with Gasteiger partial charge >= 0.3 is 11.9 Å². The summed E-state index contributed by atoms with van der Waals surface area (Å²) in [5, 5.41) is 8.74. The second kappa shape index (κ2) is 15.0. The molecule has 0 atom stereocenters. The Kier molecular flexibility index (Phi) is 14.0. The van der Waals surface area contributed by atoms with E-state index in [1.807, 2.05) is 0 Å². The lowest BCUT2D eigenvalue weighted by Gasteiger charge is -2.05. The molecule has 0 amide bonds. The Morgan fingerprint density at radius 3 is 1.75 bits per heavy atom. The van der Waals surface area contributed by atoms with Gasteiger partial charge in [-0.05, 0) is 20.3 Å². The average molecular weight is 338 g/mol. The van der Waals surface area contributed by atoms with Crippen molar-refractivity contribution in [1.82, 2.24) is 0 Å². The van der Waals surface area contributed by atoms with Crippen molar-refractivity contribution in [3.8, 4) is 0 Å². The van der Waals surface area contributed by atoms with Crippen LogP contribution in [0.2, 0.25) is 0 Å². The summed E-state index contributed by atoms with van der Waals surface area (Å²) >= 11 is 0. The molecule has 0 saturated carbocycles. The highest BCUT2D eigenvalue weighted by Crippen LogP contribution is 2.10. The van der Waals surface area contributed by atoms with Gasteiger partial charge in [0.2, 0.25) is 0 Å². The smallest absolute Gasteiger partial charge is 0.333 e. The Labute approximate surface area is 147 Å². The lowest BCUT2D eigenvalue weighted by atomic mass is 10.1. The Morgan fingerprint density at radius 2 is 1.25 bits per heavy atom. The third-order valence-corrected chi connectivity index (χ3v) is 3.97. The van der Waals surface area contributed by atoms with E-state index in [1.54, 1.807) is 6.92 Å². The molecule has 0 radical (unpaired) electrons. The minimum absolute atomic E-state index is 0.192. The number of rotatable bonds is 14. The molecule has 0 rings (SSSR count). The largest absolute Gasteiger partial charge is 0.478 e. The van der Waals surface area contributed by atoms with Gasteiger partial charge in [0.1, 0.15) is 0 Å². The Balaban J connectivity index is 3.63. The van der Waals surface area contributed by atoms with Gasteiger partial charge in [0.25, 0.3) is 0 Å². The van der Waals surface area contributed by atoms with E-state index in [1.165, 1.54) is 70.4 Å². The second-order valence-corrected chi connectivity index (χ2v) is 6.32. The zero-order chi connectivity index (χ0) is 18.2. The summed E-state index contributed by atoms with van der Waals surface area (Å²) in [6.07, 6.45) is 15.3. The topological polar surface area (TPSA) is 63.6 Å². The molecule has 0 fully saturated rings. The molecular formula is C20H34O4. The van der Waals surface area contributed by atoms with Crippen molar-refractivity contribution in [2.75, 3.05) is 6.61 Å². The van der Waals surface area contributed by atoms with Crippen LogP contribution in [0.4, 0.5) is 0 Å². The number of hydrogen-bond acceptors (Lipinski definition) is 3. The Morgan fingerprint density at radius 1 is 0.792 bits per heavy atom. The third-order valence-electron chi connectivity index (χ3n) is 3.97. The van der Waals surface area contributed by atoms with Gasteiger partial charge in [0.15, 0.2) is 0 Å². The van der Waals surface area contributed by atoms with E-state index in [4.69, 9.17) is 9.84 Å². The van der Waals surface area contributed by atoms with Crippen LogP contribution in [0.5, 0.6) is 0 Å². The highest BCUT2D eigenvalue weighted by Gasteiger charge is 2.05.